The van der Waals surface area contributed by atoms with Crippen LogP contribution in [0, 0.1) is 0 Å². The van der Waals surface area contributed by atoms with E-state index in [2.05, 4.69) is 10.6 Å². The molecular weight excluding hydrogens is 450 g/mol. The van der Waals surface area contributed by atoms with Crippen molar-refractivity contribution in [2.24, 2.45) is 0 Å². The molecule has 1 aliphatic carbocycles. The highest BCUT2D eigenvalue weighted by Crippen LogP contribution is 2.34. The first kappa shape index (κ1) is 23.7. The minimum Gasteiger partial charge on any atom is -0.454 e. The number of rotatable bonds is 6. The predicted octanol–water partition coefficient (Wildman–Crippen LogP) is 1.19. The molecule has 0 radical (unpaired) electrons. The Bertz CT molecular complexity index is 973. The number of anilines is 1. The molecule has 0 aromatic heterocycles. The molecule has 0 atom stereocenters. The molecule has 182 valence electrons. The SMILES string of the molecule is CN(C1CCCCC1)S(=O)(=O)N1CCN(CC(=O)NC(=O)Nc2ccc3c(c2)OCO3)CC1. The van der Waals surface area contributed by atoms with Gasteiger partial charge in [-0.25, -0.2) is 4.79 Å². The summed E-state index contributed by atoms with van der Waals surface area (Å²) in [5.41, 5.74) is 0.477. The zero-order valence-corrected chi connectivity index (χ0v) is 19.6. The van der Waals surface area contributed by atoms with E-state index in [0.29, 0.717) is 43.4 Å². The molecule has 1 saturated heterocycles. The lowest BCUT2D eigenvalue weighted by Gasteiger charge is -2.38. The van der Waals surface area contributed by atoms with Crippen LogP contribution in [0.15, 0.2) is 18.2 Å². The molecule has 11 nitrogen and oxygen atoms in total. The fraction of sp³-hybridized carbons (Fsp3) is 0.619. The molecule has 1 aromatic carbocycles. The van der Waals surface area contributed by atoms with Gasteiger partial charge in [-0.05, 0) is 25.0 Å². The third-order valence-electron chi connectivity index (χ3n) is 6.36. The molecule has 3 aliphatic rings. The predicted molar refractivity (Wildman–Crippen MR) is 121 cm³/mol. The first-order valence-electron chi connectivity index (χ1n) is 11.3. The molecule has 2 aliphatic heterocycles. The summed E-state index contributed by atoms with van der Waals surface area (Å²) < 4.78 is 39.5. The Balaban J connectivity index is 1.21. The van der Waals surface area contributed by atoms with Crippen LogP contribution in [0.2, 0.25) is 0 Å². The highest BCUT2D eigenvalue weighted by molar-refractivity contribution is 7.86. The van der Waals surface area contributed by atoms with Gasteiger partial charge in [0.2, 0.25) is 12.7 Å². The van der Waals surface area contributed by atoms with Gasteiger partial charge in [-0.2, -0.15) is 17.0 Å². The van der Waals surface area contributed by atoms with Crippen LogP contribution in [-0.2, 0) is 15.0 Å². The van der Waals surface area contributed by atoms with Gasteiger partial charge in [-0.1, -0.05) is 19.3 Å². The number of hydrogen-bond acceptors (Lipinski definition) is 7. The molecule has 2 fully saturated rings. The van der Waals surface area contributed by atoms with Crippen LogP contribution < -0.4 is 20.1 Å². The second-order valence-corrected chi connectivity index (χ2v) is 10.5. The number of carbonyl (C=O) groups excluding carboxylic acids is 2. The minimum absolute atomic E-state index is 0.0148. The zero-order valence-electron chi connectivity index (χ0n) is 18.8. The van der Waals surface area contributed by atoms with E-state index >= 15 is 0 Å². The Kier molecular flexibility index (Phi) is 7.37. The highest BCUT2D eigenvalue weighted by Gasteiger charge is 2.34. The Labute approximate surface area is 194 Å². The summed E-state index contributed by atoms with van der Waals surface area (Å²) in [6.45, 7) is 1.63. The van der Waals surface area contributed by atoms with E-state index in [-0.39, 0.29) is 19.4 Å². The average Bonchev–Trinajstić information content (AvgIpc) is 3.27. The maximum Gasteiger partial charge on any atom is 0.325 e. The van der Waals surface area contributed by atoms with Crippen molar-refractivity contribution in [3.63, 3.8) is 0 Å². The first-order chi connectivity index (χ1) is 15.8. The van der Waals surface area contributed by atoms with E-state index in [0.717, 1.165) is 25.7 Å². The van der Waals surface area contributed by atoms with E-state index in [1.165, 1.54) is 15.0 Å². The van der Waals surface area contributed by atoms with Crippen molar-refractivity contribution in [1.29, 1.82) is 0 Å². The van der Waals surface area contributed by atoms with Crippen LogP contribution in [0.4, 0.5) is 10.5 Å². The van der Waals surface area contributed by atoms with Crippen LogP contribution in [0.1, 0.15) is 32.1 Å². The molecule has 3 amide bonds. The monoisotopic (exact) mass is 481 g/mol. The average molecular weight is 482 g/mol. The molecule has 4 rings (SSSR count). The standard InChI is InChI=1S/C21H31N5O6S/c1-24(17-5-3-2-4-6-17)33(29,30)26-11-9-25(10-12-26)14-20(27)23-21(28)22-16-7-8-18-19(13-16)32-15-31-18/h7-8,13,17H,2-6,9-12,14-15H2,1H3,(H2,22,23,27,28). The van der Waals surface area contributed by atoms with Crippen molar-refractivity contribution in [1.82, 2.24) is 18.8 Å². The van der Waals surface area contributed by atoms with Crippen LogP contribution in [0.3, 0.4) is 0 Å². The number of imide groups is 1. The second-order valence-electron chi connectivity index (χ2n) is 8.56. The number of fused-ring (bicyclic) bond motifs is 1. The Hall–Kier alpha value is -2.41. The number of amides is 3. The van der Waals surface area contributed by atoms with Gasteiger partial charge in [0.15, 0.2) is 11.5 Å². The third-order valence-corrected chi connectivity index (χ3v) is 8.40. The number of hydrogen-bond donors (Lipinski definition) is 2. The summed E-state index contributed by atoms with van der Waals surface area (Å²) in [4.78, 5) is 26.3. The largest absolute Gasteiger partial charge is 0.454 e. The third kappa shape index (κ3) is 5.75. The Morgan fingerprint density at radius 2 is 1.76 bits per heavy atom. The summed E-state index contributed by atoms with van der Waals surface area (Å²) in [6.07, 6.45) is 5.11. The maximum atomic E-state index is 13.0. The molecule has 1 saturated carbocycles. The van der Waals surface area contributed by atoms with Crippen molar-refractivity contribution in [3.8, 4) is 11.5 Å². The van der Waals surface area contributed by atoms with E-state index in [1.807, 2.05) is 4.90 Å². The molecule has 0 unspecified atom stereocenters. The minimum atomic E-state index is -3.52. The summed E-state index contributed by atoms with van der Waals surface area (Å²) in [7, 11) is -1.84. The van der Waals surface area contributed by atoms with Crippen molar-refractivity contribution in [2.45, 2.75) is 38.1 Å². The Morgan fingerprint density at radius 1 is 1.06 bits per heavy atom. The first-order valence-corrected chi connectivity index (χ1v) is 12.7. The van der Waals surface area contributed by atoms with Crippen LogP contribution in [0.5, 0.6) is 11.5 Å². The lowest BCUT2D eigenvalue weighted by Crippen LogP contribution is -2.55. The van der Waals surface area contributed by atoms with Gasteiger partial charge in [0, 0.05) is 51.0 Å². The quantitative estimate of drug-likeness (QED) is 0.626. The molecule has 1 aromatic rings. The van der Waals surface area contributed by atoms with Crippen LogP contribution in [-0.4, -0.2) is 86.5 Å². The molecule has 0 bridgehead atoms. The summed E-state index contributed by atoms with van der Waals surface area (Å²) >= 11 is 0. The van der Waals surface area contributed by atoms with Crippen molar-refractivity contribution >= 4 is 27.8 Å². The number of carbonyl (C=O) groups is 2. The molecule has 0 spiro atoms. The zero-order chi connectivity index (χ0) is 23.4. The lowest BCUT2D eigenvalue weighted by molar-refractivity contribution is -0.121. The fourth-order valence-corrected chi connectivity index (χ4v) is 6.02. The highest BCUT2D eigenvalue weighted by atomic mass is 32.2. The van der Waals surface area contributed by atoms with Gasteiger partial charge in [0.1, 0.15) is 0 Å². The van der Waals surface area contributed by atoms with Crippen molar-refractivity contribution in [2.75, 3.05) is 51.9 Å². The normalized spacial score (nSPS) is 20.1. The smallest absolute Gasteiger partial charge is 0.325 e. The van der Waals surface area contributed by atoms with Gasteiger partial charge in [0.05, 0.1) is 6.54 Å². The van der Waals surface area contributed by atoms with Crippen LogP contribution >= 0.6 is 0 Å². The van der Waals surface area contributed by atoms with Gasteiger partial charge in [0.25, 0.3) is 10.2 Å². The number of nitrogens with zero attached hydrogens (tertiary/aromatic N) is 3. The molecule has 2 heterocycles. The Morgan fingerprint density at radius 3 is 2.48 bits per heavy atom. The van der Waals surface area contributed by atoms with Crippen molar-refractivity contribution < 1.29 is 27.5 Å². The number of urea groups is 1. The number of benzene rings is 1. The number of nitrogens with one attached hydrogen (secondary N) is 2. The van der Waals surface area contributed by atoms with E-state index in [4.69, 9.17) is 9.47 Å². The van der Waals surface area contributed by atoms with E-state index in [1.54, 1.807) is 25.2 Å². The van der Waals surface area contributed by atoms with Gasteiger partial charge in [-0.3, -0.25) is 15.0 Å². The second kappa shape index (κ2) is 10.2. The molecule has 33 heavy (non-hydrogen) atoms. The summed E-state index contributed by atoms with van der Waals surface area (Å²) in [5.74, 6) is 0.674. The summed E-state index contributed by atoms with van der Waals surface area (Å²) in [5, 5.41) is 4.90. The van der Waals surface area contributed by atoms with Crippen LogP contribution in [0.25, 0.3) is 0 Å². The molecule has 12 heteroatoms. The molecular formula is C21H31N5O6S. The van der Waals surface area contributed by atoms with Gasteiger partial charge in [-0.15, -0.1) is 0 Å². The molecule has 2 N–H and O–H groups in total. The van der Waals surface area contributed by atoms with Gasteiger partial charge < -0.3 is 14.8 Å². The summed E-state index contributed by atoms with van der Waals surface area (Å²) in [6, 6.07) is 4.38. The lowest BCUT2D eigenvalue weighted by atomic mass is 9.96. The number of piperazine rings is 1. The van der Waals surface area contributed by atoms with Gasteiger partial charge >= 0.3 is 6.03 Å². The fourth-order valence-electron chi connectivity index (χ4n) is 4.44. The maximum absolute atomic E-state index is 13.0. The van der Waals surface area contributed by atoms with E-state index < -0.39 is 22.1 Å². The van der Waals surface area contributed by atoms with E-state index in [9.17, 15) is 18.0 Å². The topological polar surface area (TPSA) is 121 Å². The number of ether oxygens (including phenoxy) is 2. The van der Waals surface area contributed by atoms with Crippen molar-refractivity contribution in [3.05, 3.63) is 18.2 Å².